The average Bonchev–Trinajstić information content (AvgIpc) is 2.68. The van der Waals surface area contributed by atoms with E-state index < -0.39 is 0 Å². The van der Waals surface area contributed by atoms with E-state index in [0.717, 1.165) is 18.5 Å². The largest absolute Gasteiger partial charge is 0.275 e. The quantitative estimate of drug-likeness (QED) is 0.645. The van der Waals surface area contributed by atoms with Crippen molar-refractivity contribution in [2.24, 2.45) is 14.1 Å². The minimum absolute atomic E-state index is 1.10. The first-order valence-corrected chi connectivity index (χ1v) is 5.29. The van der Waals surface area contributed by atoms with Crippen molar-refractivity contribution in [3.63, 3.8) is 0 Å². The van der Waals surface area contributed by atoms with E-state index in [4.69, 9.17) is 0 Å². The fourth-order valence-corrected chi connectivity index (χ4v) is 2.35. The summed E-state index contributed by atoms with van der Waals surface area (Å²) in [5, 5.41) is 8.84. The van der Waals surface area contributed by atoms with Crippen LogP contribution in [0.3, 0.4) is 0 Å². The Bertz CT molecular complexity index is 507. The van der Waals surface area contributed by atoms with Crippen LogP contribution >= 0.6 is 0 Å². The van der Waals surface area contributed by atoms with E-state index in [9.17, 15) is 0 Å². The highest BCUT2D eigenvalue weighted by Gasteiger charge is 2.20. The molecule has 2 heterocycles. The van der Waals surface area contributed by atoms with Gasteiger partial charge in [-0.25, -0.2) is 0 Å². The lowest BCUT2D eigenvalue weighted by Gasteiger charge is -2.00. The molecule has 0 aliphatic heterocycles. The van der Waals surface area contributed by atoms with Crippen LogP contribution in [0.5, 0.6) is 0 Å². The topological polar surface area (TPSA) is 35.6 Å². The molecule has 0 fully saturated rings. The van der Waals surface area contributed by atoms with Gasteiger partial charge in [-0.05, 0) is 24.8 Å². The molecule has 1 aliphatic carbocycles. The van der Waals surface area contributed by atoms with Gasteiger partial charge in [0.1, 0.15) is 0 Å². The van der Waals surface area contributed by atoms with Crippen LogP contribution in [0.4, 0.5) is 0 Å². The molecule has 0 bridgehead atoms. The van der Waals surface area contributed by atoms with Crippen LogP contribution in [-0.2, 0) is 26.9 Å². The van der Waals surface area contributed by atoms with Gasteiger partial charge in [-0.2, -0.15) is 10.2 Å². The first-order valence-electron chi connectivity index (χ1n) is 5.29. The monoisotopic (exact) mass is 202 g/mol. The van der Waals surface area contributed by atoms with E-state index in [1.54, 1.807) is 0 Å². The summed E-state index contributed by atoms with van der Waals surface area (Å²) in [6.07, 6.45) is 7.47. The summed E-state index contributed by atoms with van der Waals surface area (Å²) >= 11 is 0. The fraction of sp³-hybridized carbons (Fsp3) is 0.455. The second-order valence-corrected chi connectivity index (χ2v) is 4.16. The molecule has 0 radical (unpaired) electrons. The fourth-order valence-electron chi connectivity index (χ4n) is 2.35. The Balaban J connectivity index is 2.26. The third-order valence-corrected chi connectivity index (χ3v) is 3.08. The highest BCUT2D eigenvalue weighted by Crippen LogP contribution is 2.30. The van der Waals surface area contributed by atoms with E-state index in [1.807, 2.05) is 29.7 Å². The maximum atomic E-state index is 4.53. The van der Waals surface area contributed by atoms with Gasteiger partial charge in [-0.1, -0.05) is 0 Å². The first-order chi connectivity index (χ1) is 7.25. The maximum absolute atomic E-state index is 4.53. The minimum atomic E-state index is 1.10. The molecular weight excluding hydrogens is 188 g/mol. The Morgan fingerprint density at radius 1 is 1.27 bits per heavy atom. The molecule has 15 heavy (non-hydrogen) atoms. The average molecular weight is 202 g/mol. The number of hydrogen-bond acceptors (Lipinski definition) is 2. The molecule has 0 saturated heterocycles. The van der Waals surface area contributed by atoms with Crippen LogP contribution < -0.4 is 0 Å². The van der Waals surface area contributed by atoms with Crippen molar-refractivity contribution >= 4 is 0 Å². The van der Waals surface area contributed by atoms with Crippen LogP contribution in [0.1, 0.15) is 17.7 Å². The van der Waals surface area contributed by atoms with Crippen LogP contribution in [0.15, 0.2) is 12.4 Å². The van der Waals surface area contributed by atoms with Gasteiger partial charge in [-0.15, -0.1) is 0 Å². The van der Waals surface area contributed by atoms with Crippen LogP contribution in [0, 0.1) is 0 Å². The highest BCUT2D eigenvalue weighted by molar-refractivity contribution is 5.65. The molecule has 4 nitrogen and oxygen atoms in total. The third kappa shape index (κ3) is 1.21. The van der Waals surface area contributed by atoms with E-state index in [-0.39, 0.29) is 0 Å². The molecule has 78 valence electrons. The Kier molecular flexibility index (Phi) is 1.71. The van der Waals surface area contributed by atoms with Gasteiger partial charge in [0.05, 0.1) is 11.9 Å². The number of fused-ring (bicyclic) bond motifs is 3. The molecule has 0 N–H and O–H groups in total. The smallest absolute Gasteiger partial charge is 0.0989 e. The molecule has 0 saturated carbocycles. The van der Waals surface area contributed by atoms with Gasteiger partial charge in [0.2, 0.25) is 0 Å². The zero-order valence-electron chi connectivity index (χ0n) is 9.06. The molecule has 3 rings (SSSR count). The number of rotatable bonds is 0. The summed E-state index contributed by atoms with van der Waals surface area (Å²) in [4.78, 5) is 0. The first kappa shape index (κ1) is 8.71. The number of aromatic nitrogens is 4. The van der Waals surface area contributed by atoms with Gasteiger partial charge in [0.25, 0.3) is 0 Å². The molecule has 0 aromatic carbocycles. The number of hydrogen-bond donors (Lipinski definition) is 0. The van der Waals surface area contributed by atoms with Crippen molar-refractivity contribution in [3.05, 3.63) is 23.7 Å². The highest BCUT2D eigenvalue weighted by atomic mass is 15.3. The van der Waals surface area contributed by atoms with E-state index in [1.165, 1.54) is 23.2 Å². The van der Waals surface area contributed by atoms with Crippen molar-refractivity contribution in [3.8, 4) is 11.3 Å². The second-order valence-electron chi connectivity index (χ2n) is 4.16. The number of nitrogens with zero attached hydrogens (tertiary/aromatic N) is 4. The predicted molar refractivity (Wildman–Crippen MR) is 57.4 cm³/mol. The molecule has 1 aliphatic rings. The van der Waals surface area contributed by atoms with Gasteiger partial charge in [0.15, 0.2) is 0 Å². The Hall–Kier alpha value is -1.58. The van der Waals surface area contributed by atoms with Gasteiger partial charge >= 0.3 is 0 Å². The Morgan fingerprint density at radius 2 is 2.13 bits per heavy atom. The molecule has 2 aromatic heterocycles. The van der Waals surface area contributed by atoms with E-state index in [0.29, 0.717) is 0 Å². The lowest BCUT2D eigenvalue weighted by molar-refractivity contribution is 0.685. The van der Waals surface area contributed by atoms with Crippen molar-refractivity contribution in [2.75, 3.05) is 0 Å². The van der Waals surface area contributed by atoms with Crippen molar-refractivity contribution in [1.82, 2.24) is 19.6 Å². The molecule has 0 unspecified atom stereocenters. The van der Waals surface area contributed by atoms with E-state index in [2.05, 4.69) is 16.4 Å². The summed E-state index contributed by atoms with van der Waals surface area (Å²) in [5.41, 5.74) is 5.00. The normalized spacial score (nSPS) is 14.5. The van der Waals surface area contributed by atoms with E-state index >= 15 is 0 Å². The van der Waals surface area contributed by atoms with Gasteiger partial charge in [0, 0.05) is 31.5 Å². The maximum Gasteiger partial charge on any atom is 0.0989 e. The minimum Gasteiger partial charge on any atom is -0.275 e. The third-order valence-electron chi connectivity index (χ3n) is 3.08. The SMILES string of the molecule is Cn1cc2c(n1)-c1cnn(C)c1CCC2. The summed E-state index contributed by atoms with van der Waals surface area (Å²) in [6, 6.07) is 0. The van der Waals surface area contributed by atoms with Crippen molar-refractivity contribution in [2.45, 2.75) is 19.3 Å². The summed E-state index contributed by atoms with van der Waals surface area (Å²) in [6.45, 7) is 0. The molecule has 0 atom stereocenters. The van der Waals surface area contributed by atoms with Crippen molar-refractivity contribution < 1.29 is 0 Å². The van der Waals surface area contributed by atoms with Crippen LogP contribution in [-0.4, -0.2) is 19.6 Å². The summed E-state index contributed by atoms with van der Waals surface area (Å²) < 4.78 is 3.87. The standard InChI is InChI=1S/C11H14N4/c1-14-7-8-4-3-5-10-9(11(8)13-14)6-12-15(10)2/h6-7H,3-5H2,1-2H3. The summed E-state index contributed by atoms with van der Waals surface area (Å²) in [7, 11) is 3.98. The predicted octanol–water partition coefficient (Wildman–Crippen LogP) is 1.31. The number of aryl methyl sites for hydroxylation is 3. The molecule has 0 amide bonds. The Labute approximate surface area is 88.5 Å². The zero-order chi connectivity index (χ0) is 10.4. The van der Waals surface area contributed by atoms with Crippen molar-refractivity contribution in [1.29, 1.82) is 0 Å². The lowest BCUT2D eigenvalue weighted by Crippen LogP contribution is -1.99. The molecule has 4 heteroatoms. The van der Waals surface area contributed by atoms with Crippen LogP contribution in [0.2, 0.25) is 0 Å². The second kappa shape index (κ2) is 2.95. The molecule has 0 spiro atoms. The molecular formula is C11H14N4. The van der Waals surface area contributed by atoms with Gasteiger partial charge < -0.3 is 0 Å². The van der Waals surface area contributed by atoms with Crippen LogP contribution in [0.25, 0.3) is 11.3 Å². The zero-order valence-corrected chi connectivity index (χ0v) is 9.06. The molecule has 2 aromatic rings. The summed E-state index contributed by atoms with van der Waals surface area (Å²) in [5.74, 6) is 0. The lowest BCUT2D eigenvalue weighted by atomic mass is 10.1. The van der Waals surface area contributed by atoms with Gasteiger partial charge in [-0.3, -0.25) is 9.36 Å². The Morgan fingerprint density at radius 3 is 3.00 bits per heavy atom.